The Bertz CT molecular complexity index is 1130. The van der Waals surface area contributed by atoms with E-state index in [9.17, 15) is 9.59 Å². The number of aromatic nitrogens is 2. The summed E-state index contributed by atoms with van der Waals surface area (Å²) in [4.78, 5) is 25.3. The molecule has 7 heteroatoms. The number of hydrogen-bond acceptors (Lipinski definition) is 4. The normalized spacial score (nSPS) is 17.9. The van der Waals surface area contributed by atoms with Gasteiger partial charge in [-0.05, 0) is 56.9 Å². The molecular formula is C26H30N4O3. The van der Waals surface area contributed by atoms with Gasteiger partial charge in [-0.2, -0.15) is 5.10 Å². The number of nitrogens with one attached hydrogen (secondary N) is 2. The van der Waals surface area contributed by atoms with E-state index in [1.54, 1.807) is 25.0 Å². The van der Waals surface area contributed by atoms with Crippen LogP contribution in [0.3, 0.4) is 0 Å². The lowest BCUT2D eigenvalue weighted by Gasteiger charge is -2.28. The lowest BCUT2D eigenvalue weighted by atomic mass is 9.85. The first kappa shape index (κ1) is 22.6. The molecular weight excluding hydrogens is 416 g/mol. The molecule has 3 aromatic rings. The molecule has 0 radical (unpaired) electrons. The van der Waals surface area contributed by atoms with Gasteiger partial charge in [-0.1, -0.05) is 29.8 Å². The summed E-state index contributed by atoms with van der Waals surface area (Å²) in [6, 6.07) is 15.6. The molecule has 33 heavy (non-hydrogen) atoms. The van der Waals surface area contributed by atoms with Crippen LogP contribution in [0.25, 0.3) is 16.9 Å². The highest BCUT2D eigenvalue weighted by Crippen LogP contribution is 2.29. The van der Waals surface area contributed by atoms with Crippen LogP contribution in [0.5, 0.6) is 5.75 Å². The molecule has 0 saturated heterocycles. The van der Waals surface area contributed by atoms with Crippen molar-refractivity contribution in [1.29, 1.82) is 0 Å². The number of carbonyl (C=O) groups is 2. The van der Waals surface area contributed by atoms with Crippen molar-refractivity contribution >= 4 is 11.8 Å². The fourth-order valence-electron chi connectivity index (χ4n) is 4.32. The molecule has 2 aromatic carbocycles. The van der Waals surface area contributed by atoms with Crippen LogP contribution in [-0.2, 0) is 4.79 Å². The van der Waals surface area contributed by atoms with Crippen molar-refractivity contribution in [1.82, 2.24) is 20.4 Å². The summed E-state index contributed by atoms with van der Waals surface area (Å²) in [5.74, 6) is 0.657. The first-order valence-corrected chi connectivity index (χ1v) is 11.3. The van der Waals surface area contributed by atoms with E-state index in [-0.39, 0.29) is 23.8 Å². The van der Waals surface area contributed by atoms with Crippen molar-refractivity contribution in [3.05, 3.63) is 65.9 Å². The van der Waals surface area contributed by atoms with E-state index in [0.717, 1.165) is 42.5 Å². The van der Waals surface area contributed by atoms with Crippen molar-refractivity contribution in [3.63, 3.8) is 0 Å². The Labute approximate surface area is 194 Å². The van der Waals surface area contributed by atoms with Crippen LogP contribution in [0.4, 0.5) is 0 Å². The minimum atomic E-state index is -0.158. The van der Waals surface area contributed by atoms with Crippen LogP contribution in [0, 0.1) is 12.8 Å². The molecule has 172 valence electrons. The lowest BCUT2D eigenvalue weighted by Crippen LogP contribution is -2.40. The summed E-state index contributed by atoms with van der Waals surface area (Å²) in [5.41, 5.74) is 3.97. The summed E-state index contributed by atoms with van der Waals surface area (Å²) in [6.07, 6.45) is 4.89. The number of amides is 2. The SMILES string of the molecule is CNC(=O)C1CCC(NC(=O)c2cn(-c3ccc(C)cc3)nc2-c2cccc(OC)c2)CC1. The van der Waals surface area contributed by atoms with Crippen molar-refractivity contribution < 1.29 is 14.3 Å². The summed E-state index contributed by atoms with van der Waals surface area (Å²) in [5, 5.41) is 10.7. The predicted molar refractivity (Wildman–Crippen MR) is 128 cm³/mol. The summed E-state index contributed by atoms with van der Waals surface area (Å²) in [7, 11) is 3.29. The van der Waals surface area contributed by atoms with E-state index >= 15 is 0 Å². The molecule has 7 nitrogen and oxygen atoms in total. The van der Waals surface area contributed by atoms with Crippen LogP contribution >= 0.6 is 0 Å². The van der Waals surface area contributed by atoms with Gasteiger partial charge in [-0.25, -0.2) is 4.68 Å². The van der Waals surface area contributed by atoms with E-state index in [1.807, 2.05) is 55.5 Å². The fourth-order valence-corrected chi connectivity index (χ4v) is 4.32. The minimum absolute atomic E-state index is 0.0276. The number of nitrogens with zero attached hydrogens (tertiary/aromatic N) is 2. The molecule has 0 aliphatic heterocycles. The second-order valence-corrected chi connectivity index (χ2v) is 8.54. The van der Waals surface area contributed by atoms with Gasteiger partial charge in [-0.15, -0.1) is 0 Å². The molecule has 1 aliphatic rings. The maximum absolute atomic E-state index is 13.4. The Balaban J connectivity index is 1.61. The molecule has 1 fully saturated rings. The smallest absolute Gasteiger partial charge is 0.255 e. The Kier molecular flexibility index (Phi) is 6.77. The third-order valence-corrected chi connectivity index (χ3v) is 6.28. The van der Waals surface area contributed by atoms with Crippen molar-refractivity contribution in [3.8, 4) is 22.7 Å². The van der Waals surface area contributed by atoms with E-state index in [1.165, 1.54) is 0 Å². The van der Waals surface area contributed by atoms with Gasteiger partial charge in [0.2, 0.25) is 5.91 Å². The van der Waals surface area contributed by atoms with Crippen molar-refractivity contribution in [2.75, 3.05) is 14.2 Å². The standard InChI is InChI=1S/C26H30N4O3/c1-17-7-13-21(14-8-17)30-16-23(24(29-30)19-5-4-6-22(15-19)33-3)26(32)28-20-11-9-18(10-12-20)25(31)27-2/h4-8,13-16,18,20H,9-12H2,1-3H3,(H,27,31)(H,28,32). The van der Waals surface area contributed by atoms with E-state index in [2.05, 4.69) is 10.6 Å². The number of methoxy groups -OCH3 is 1. The van der Waals surface area contributed by atoms with Gasteiger partial charge < -0.3 is 15.4 Å². The van der Waals surface area contributed by atoms with E-state index in [0.29, 0.717) is 17.0 Å². The number of ether oxygens (including phenoxy) is 1. The zero-order valence-corrected chi connectivity index (χ0v) is 19.3. The average Bonchev–Trinajstić information content (AvgIpc) is 3.30. The van der Waals surface area contributed by atoms with Crippen LogP contribution < -0.4 is 15.4 Å². The number of aryl methyl sites for hydroxylation is 1. The number of rotatable bonds is 6. The lowest BCUT2D eigenvalue weighted by molar-refractivity contribution is -0.125. The van der Waals surface area contributed by atoms with Crippen molar-refractivity contribution in [2.45, 2.75) is 38.6 Å². The highest BCUT2D eigenvalue weighted by atomic mass is 16.5. The fraction of sp³-hybridized carbons (Fsp3) is 0.346. The summed E-state index contributed by atoms with van der Waals surface area (Å²) >= 11 is 0. The zero-order valence-electron chi connectivity index (χ0n) is 19.3. The molecule has 1 saturated carbocycles. The number of carbonyl (C=O) groups excluding carboxylic acids is 2. The first-order chi connectivity index (χ1) is 16.0. The maximum atomic E-state index is 13.4. The molecule has 0 atom stereocenters. The molecule has 2 amide bonds. The van der Waals surface area contributed by atoms with Gasteiger partial charge in [0.05, 0.1) is 18.4 Å². The molecule has 0 unspecified atom stereocenters. The molecule has 1 heterocycles. The highest BCUT2D eigenvalue weighted by molar-refractivity contribution is 6.00. The maximum Gasteiger partial charge on any atom is 0.255 e. The van der Waals surface area contributed by atoms with Gasteiger partial charge in [-0.3, -0.25) is 9.59 Å². The predicted octanol–water partition coefficient (Wildman–Crippen LogP) is 3.89. The molecule has 1 aromatic heterocycles. The minimum Gasteiger partial charge on any atom is -0.497 e. The van der Waals surface area contributed by atoms with Gasteiger partial charge in [0.1, 0.15) is 11.4 Å². The second kappa shape index (κ2) is 9.90. The first-order valence-electron chi connectivity index (χ1n) is 11.3. The number of benzene rings is 2. The van der Waals surface area contributed by atoms with E-state index in [4.69, 9.17) is 9.84 Å². The van der Waals surface area contributed by atoms with E-state index < -0.39 is 0 Å². The second-order valence-electron chi connectivity index (χ2n) is 8.54. The number of hydrogen-bond donors (Lipinski definition) is 2. The third-order valence-electron chi connectivity index (χ3n) is 6.28. The van der Waals surface area contributed by atoms with Crippen LogP contribution in [-0.4, -0.2) is 41.8 Å². The summed E-state index contributed by atoms with van der Waals surface area (Å²) in [6.45, 7) is 2.03. The molecule has 1 aliphatic carbocycles. The molecule has 0 bridgehead atoms. The quantitative estimate of drug-likeness (QED) is 0.602. The largest absolute Gasteiger partial charge is 0.497 e. The Morgan fingerprint density at radius 2 is 1.79 bits per heavy atom. The average molecular weight is 447 g/mol. The van der Waals surface area contributed by atoms with Gasteiger partial charge >= 0.3 is 0 Å². The van der Waals surface area contributed by atoms with Gasteiger partial charge in [0.25, 0.3) is 5.91 Å². The van der Waals surface area contributed by atoms with Gasteiger partial charge in [0, 0.05) is 30.8 Å². The monoisotopic (exact) mass is 446 g/mol. The third kappa shape index (κ3) is 5.08. The Morgan fingerprint density at radius 3 is 2.45 bits per heavy atom. The Morgan fingerprint density at radius 1 is 1.06 bits per heavy atom. The van der Waals surface area contributed by atoms with Crippen LogP contribution in [0.15, 0.2) is 54.7 Å². The van der Waals surface area contributed by atoms with Crippen LogP contribution in [0.2, 0.25) is 0 Å². The molecule has 0 spiro atoms. The highest BCUT2D eigenvalue weighted by Gasteiger charge is 2.28. The summed E-state index contributed by atoms with van der Waals surface area (Å²) < 4.78 is 7.12. The zero-order chi connectivity index (χ0) is 23.4. The van der Waals surface area contributed by atoms with Crippen molar-refractivity contribution in [2.24, 2.45) is 5.92 Å². The Hall–Kier alpha value is -3.61. The van der Waals surface area contributed by atoms with Crippen LogP contribution in [0.1, 0.15) is 41.6 Å². The molecule has 2 N–H and O–H groups in total. The molecule has 4 rings (SSSR count). The van der Waals surface area contributed by atoms with Gasteiger partial charge in [0.15, 0.2) is 0 Å². The topological polar surface area (TPSA) is 85.3 Å².